The largest absolute Gasteiger partial charge is 0.478 e. The van der Waals surface area contributed by atoms with Gasteiger partial charge in [-0.3, -0.25) is 4.79 Å². The van der Waals surface area contributed by atoms with E-state index in [1.807, 2.05) is 0 Å². The number of rotatable bonds is 2. The third kappa shape index (κ3) is 1.93. The minimum absolute atomic E-state index is 0.221. The number of carboxylic acid groups (broad SMARTS) is 1. The maximum Gasteiger partial charge on any atom is 0.336 e. The van der Waals surface area contributed by atoms with Crippen molar-refractivity contribution in [3.63, 3.8) is 0 Å². The molecular weight excluding hydrogens is 260 g/mol. The van der Waals surface area contributed by atoms with Crippen molar-refractivity contribution in [3.05, 3.63) is 41.2 Å². The van der Waals surface area contributed by atoms with E-state index in [-0.39, 0.29) is 17.2 Å². The summed E-state index contributed by atoms with van der Waals surface area (Å²) in [6, 6.07) is 4.97. The van der Waals surface area contributed by atoms with Crippen LogP contribution >= 0.6 is 0 Å². The molecule has 1 aromatic heterocycles. The lowest BCUT2D eigenvalue weighted by atomic mass is 9.96. The molecule has 7 heteroatoms. The third-order valence-electron chi connectivity index (χ3n) is 3.36. The molecule has 1 aromatic carbocycles. The molecule has 0 radical (unpaired) electrons. The molecular formula is C13H12N4O3. The fourth-order valence-electron chi connectivity index (χ4n) is 2.48. The van der Waals surface area contributed by atoms with Crippen LogP contribution in [0.15, 0.2) is 24.4 Å². The van der Waals surface area contributed by atoms with Gasteiger partial charge in [-0.15, -0.1) is 0 Å². The molecule has 0 spiro atoms. The lowest BCUT2D eigenvalue weighted by Crippen LogP contribution is -2.36. The topological polar surface area (TPSA) is 99.2 Å². The van der Waals surface area contributed by atoms with Crippen LogP contribution in [0.25, 0.3) is 0 Å². The van der Waals surface area contributed by atoms with Crippen molar-refractivity contribution in [2.24, 2.45) is 0 Å². The minimum atomic E-state index is -0.974. The summed E-state index contributed by atoms with van der Waals surface area (Å²) < 4.78 is 0. The second-order valence-corrected chi connectivity index (χ2v) is 4.52. The monoisotopic (exact) mass is 272 g/mol. The van der Waals surface area contributed by atoms with Crippen LogP contribution in [0.2, 0.25) is 0 Å². The summed E-state index contributed by atoms with van der Waals surface area (Å²) in [4.78, 5) is 25.2. The average Bonchev–Trinajstić information content (AvgIpc) is 2.99. The summed E-state index contributed by atoms with van der Waals surface area (Å²) in [7, 11) is 0. The molecule has 1 amide bonds. The molecule has 1 aliphatic heterocycles. The smallest absolute Gasteiger partial charge is 0.336 e. The number of hydrogen-bond acceptors (Lipinski definition) is 4. The molecule has 2 heterocycles. The number of aromatic amines is 1. The predicted octanol–water partition coefficient (Wildman–Crippen LogP) is 1.10. The molecule has 0 unspecified atom stereocenters. The van der Waals surface area contributed by atoms with Crippen LogP contribution in [-0.4, -0.2) is 38.9 Å². The Morgan fingerprint density at radius 1 is 1.35 bits per heavy atom. The lowest BCUT2D eigenvalue weighted by Gasteiger charge is -2.29. The second-order valence-electron chi connectivity index (χ2n) is 4.52. The number of H-pyrrole nitrogens is 1. The minimum Gasteiger partial charge on any atom is -0.478 e. The number of benzene rings is 1. The first kappa shape index (κ1) is 12.3. The number of carboxylic acids is 1. The molecule has 7 nitrogen and oxygen atoms in total. The Bertz CT molecular complexity index is 666. The molecule has 0 saturated heterocycles. The summed E-state index contributed by atoms with van der Waals surface area (Å²) in [5.74, 6) is -1.25. The quantitative estimate of drug-likeness (QED) is 0.852. The molecule has 1 aliphatic rings. The van der Waals surface area contributed by atoms with Gasteiger partial charge in [-0.25, -0.2) is 4.79 Å². The number of carbonyl (C=O) groups excluding carboxylic acids is 1. The van der Waals surface area contributed by atoms with Crippen LogP contribution in [0.5, 0.6) is 0 Å². The van der Waals surface area contributed by atoms with Gasteiger partial charge in [0, 0.05) is 12.2 Å². The van der Waals surface area contributed by atoms with E-state index >= 15 is 0 Å². The highest BCUT2D eigenvalue weighted by atomic mass is 16.4. The molecule has 2 N–H and O–H groups in total. The van der Waals surface area contributed by atoms with Crippen LogP contribution < -0.4 is 4.90 Å². The second kappa shape index (κ2) is 4.76. The molecule has 0 aliphatic carbocycles. The fourth-order valence-corrected chi connectivity index (χ4v) is 2.48. The number of aromatic nitrogens is 3. The van der Waals surface area contributed by atoms with Crippen molar-refractivity contribution in [2.45, 2.75) is 12.8 Å². The Kier molecular flexibility index (Phi) is 2.94. The number of nitrogens with zero attached hydrogens (tertiary/aromatic N) is 3. The van der Waals surface area contributed by atoms with Gasteiger partial charge in [0.25, 0.3) is 5.91 Å². The number of anilines is 1. The standard InChI is InChI=1S/C13H12N4O3/c18-12(10-7-14-16-15-10)17-6-2-4-8-9(13(19)20)3-1-5-11(8)17/h1,3,5,7H,2,4,6H2,(H,19,20)(H,14,15,16). The van der Waals surface area contributed by atoms with Crippen molar-refractivity contribution in [1.82, 2.24) is 15.4 Å². The first-order valence-corrected chi connectivity index (χ1v) is 6.21. The van der Waals surface area contributed by atoms with E-state index in [1.165, 1.54) is 6.20 Å². The first-order chi connectivity index (χ1) is 9.68. The summed E-state index contributed by atoms with van der Waals surface area (Å²) in [5, 5.41) is 19.0. The summed E-state index contributed by atoms with van der Waals surface area (Å²) in [5.41, 5.74) is 1.81. The number of hydrogen-bond donors (Lipinski definition) is 2. The Morgan fingerprint density at radius 2 is 2.20 bits per heavy atom. The Hall–Kier alpha value is -2.70. The van der Waals surface area contributed by atoms with Crippen LogP contribution in [0, 0.1) is 0 Å². The van der Waals surface area contributed by atoms with E-state index < -0.39 is 5.97 Å². The van der Waals surface area contributed by atoms with Gasteiger partial charge in [0.1, 0.15) is 0 Å². The molecule has 0 bridgehead atoms. The molecule has 0 atom stereocenters. The van der Waals surface area contributed by atoms with Crippen molar-refractivity contribution in [2.75, 3.05) is 11.4 Å². The van der Waals surface area contributed by atoms with Crippen LogP contribution in [0.1, 0.15) is 32.8 Å². The highest BCUT2D eigenvalue weighted by Gasteiger charge is 2.27. The molecule has 2 aromatic rings. The zero-order chi connectivity index (χ0) is 14.1. The number of nitrogens with one attached hydrogen (secondary N) is 1. The zero-order valence-corrected chi connectivity index (χ0v) is 10.5. The van der Waals surface area contributed by atoms with Crippen LogP contribution in [-0.2, 0) is 6.42 Å². The maximum absolute atomic E-state index is 12.4. The van der Waals surface area contributed by atoms with Gasteiger partial charge in [0.05, 0.1) is 11.8 Å². The Balaban J connectivity index is 2.05. The van der Waals surface area contributed by atoms with Crippen LogP contribution in [0.4, 0.5) is 5.69 Å². The molecule has 0 fully saturated rings. The predicted molar refractivity (Wildman–Crippen MR) is 69.8 cm³/mol. The van der Waals surface area contributed by atoms with Crippen molar-refractivity contribution >= 4 is 17.6 Å². The fraction of sp³-hybridized carbons (Fsp3) is 0.231. The van der Waals surface area contributed by atoms with Crippen molar-refractivity contribution in [1.29, 1.82) is 0 Å². The molecule has 20 heavy (non-hydrogen) atoms. The van der Waals surface area contributed by atoms with E-state index in [0.29, 0.717) is 24.2 Å². The maximum atomic E-state index is 12.4. The summed E-state index contributed by atoms with van der Waals surface area (Å²) in [6.07, 6.45) is 2.74. The van der Waals surface area contributed by atoms with Gasteiger partial charge in [0.2, 0.25) is 0 Å². The summed E-state index contributed by atoms with van der Waals surface area (Å²) in [6.45, 7) is 0.543. The van der Waals surface area contributed by atoms with E-state index in [2.05, 4.69) is 15.4 Å². The van der Waals surface area contributed by atoms with Crippen molar-refractivity contribution < 1.29 is 14.7 Å². The number of carbonyl (C=O) groups is 2. The van der Waals surface area contributed by atoms with E-state index in [1.54, 1.807) is 23.1 Å². The van der Waals surface area contributed by atoms with E-state index in [0.717, 1.165) is 6.42 Å². The van der Waals surface area contributed by atoms with Gasteiger partial charge < -0.3 is 10.0 Å². The molecule has 102 valence electrons. The van der Waals surface area contributed by atoms with Gasteiger partial charge in [0.15, 0.2) is 5.69 Å². The lowest BCUT2D eigenvalue weighted by molar-refractivity contribution is 0.0695. The number of aromatic carboxylic acids is 1. The highest BCUT2D eigenvalue weighted by Crippen LogP contribution is 2.30. The van der Waals surface area contributed by atoms with Gasteiger partial charge in [-0.2, -0.15) is 15.4 Å². The average molecular weight is 272 g/mol. The van der Waals surface area contributed by atoms with Gasteiger partial charge >= 0.3 is 5.97 Å². The normalized spacial score (nSPS) is 13.9. The SMILES string of the molecule is O=C(O)c1cccc2c1CCCN2C(=O)c1cn[nH]n1. The van der Waals surface area contributed by atoms with E-state index in [9.17, 15) is 14.7 Å². The third-order valence-corrected chi connectivity index (χ3v) is 3.36. The van der Waals surface area contributed by atoms with Crippen LogP contribution in [0.3, 0.4) is 0 Å². The van der Waals surface area contributed by atoms with E-state index in [4.69, 9.17) is 0 Å². The zero-order valence-electron chi connectivity index (χ0n) is 10.5. The highest BCUT2D eigenvalue weighted by molar-refractivity contribution is 6.06. The Morgan fingerprint density at radius 3 is 2.90 bits per heavy atom. The molecule has 3 rings (SSSR count). The number of fused-ring (bicyclic) bond motifs is 1. The molecule has 0 saturated carbocycles. The number of amides is 1. The van der Waals surface area contributed by atoms with Gasteiger partial charge in [-0.05, 0) is 30.5 Å². The van der Waals surface area contributed by atoms with Crippen molar-refractivity contribution in [3.8, 4) is 0 Å². The van der Waals surface area contributed by atoms with Gasteiger partial charge in [-0.1, -0.05) is 6.07 Å². The Labute approximate surface area is 114 Å². The first-order valence-electron chi connectivity index (χ1n) is 6.21. The summed E-state index contributed by atoms with van der Waals surface area (Å²) >= 11 is 0.